The highest BCUT2D eigenvalue weighted by molar-refractivity contribution is 5.03. The number of rotatable bonds is 4. The van der Waals surface area contributed by atoms with Crippen LogP contribution >= 0.6 is 0 Å². The van der Waals surface area contributed by atoms with Crippen LogP contribution in [0.15, 0.2) is 0 Å². The summed E-state index contributed by atoms with van der Waals surface area (Å²) in [6, 6.07) is 0. The van der Waals surface area contributed by atoms with Gasteiger partial charge in [-0.15, -0.1) is 0 Å². The van der Waals surface area contributed by atoms with Crippen molar-refractivity contribution in [2.24, 2.45) is 0 Å². The van der Waals surface area contributed by atoms with E-state index in [1.165, 1.54) is 19.4 Å². The van der Waals surface area contributed by atoms with Crippen molar-refractivity contribution >= 4 is 0 Å². The lowest BCUT2D eigenvalue weighted by molar-refractivity contribution is 0.0399. The van der Waals surface area contributed by atoms with Crippen LogP contribution in [0.25, 0.3) is 0 Å². The molecule has 0 N–H and O–H groups in total. The largest absolute Gasteiger partial charge is 0.380 e. The molecule has 0 saturated carbocycles. The molecule has 0 bridgehead atoms. The summed E-state index contributed by atoms with van der Waals surface area (Å²) in [6.45, 7) is 6.12. The first kappa shape index (κ1) is 10.4. The smallest absolute Gasteiger partial charge is 0.0716 e. The molecule has 2 atom stereocenters. The number of nitrogens with zero attached hydrogens (tertiary/aromatic N) is 1. The number of fused-ring (bicyclic) bond motifs is 1. The molecule has 2 unspecified atom stereocenters. The van der Waals surface area contributed by atoms with Gasteiger partial charge >= 0.3 is 0 Å². The highest BCUT2D eigenvalue weighted by atomic mass is 16.5. The minimum atomic E-state index is 0.316. The molecule has 2 fully saturated rings. The van der Waals surface area contributed by atoms with Crippen LogP contribution in [-0.2, 0) is 9.47 Å². The zero-order chi connectivity index (χ0) is 10.0. The van der Waals surface area contributed by atoms with Crippen molar-refractivity contribution in [1.82, 2.24) is 4.90 Å². The van der Waals surface area contributed by atoms with Gasteiger partial charge in [-0.05, 0) is 32.7 Å². The number of ether oxygens (including phenoxy) is 2. The van der Waals surface area contributed by atoms with Crippen LogP contribution in [0.5, 0.6) is 0 Å². The van der Waals surface area contributed by atoms with Crippen molar-refractivity contribution in [3.8, 4) is 0 Å². The zero-order valence-corrected chi connectivity index (χ0v) is 9.29. The van der Waals surface area contributed by atoms with Crippen molar-refractivity contribution in [2.75, 3.05) is 33.4 Å². The lowest BCUT2D eigenvalue weighted by Crippen LogP contribution is -2.42. The summed E-state index contributed by atoms with van der Waals surface area (Å²) < 4.78 is 11.1. The maximum atomic E-state index is 5.62. The fraction of sp³-hybridized carbons (Fsp3) is 1.00. The van der Waals surface area contributed by atoms with Crippen LogP contribution in [0.3, 0.4) is 0 Å². The fourth-order valence-corrected chi connectivity index (χ4v) is 2.92. The third-order valence-electron chi connectivity index (χ3n) is 3.68. The molecule has 82 valence electrons. The van der Waals surface area contributed by atoms with Crippen molar-refractivity contribution in [3.63, 3.8) is 0 Å². The summed E-state index contributed by atoms with van der Waals surface area (Å²) in [5, 5.41) is 0. The van der Waals surface area contributed by atoms with E-state index in [1.807, 2.05) is 7.11 Å². The van der Waals surface area contributed by atoms with E-state index < -0.39 is 0 Å². The molecule has 2 aliphatic rings. The molecule has 0 aromatic carbocycles. The van der Waals surface area contributed by atoms with Crippen LogP contribution in [0.2, 0.25) is 0 Å². The van der Waals surface area contributed by atoms with Gasteiger partial charge in [-0.2, -0.15) is 0 Å². The molecule has 0 spiro atoms. The summed E-state index contributed by atoms with van der Waals surface area (Å²) in [5.74, 6) is 0. The van der Waals surface area contributed by atoms with E-state index in [2.05, 4.69) is 11.8 Å². The zero-order valence-electron chi connectivity index (χ0n) is 9.29. The maximum Gasteiger partial charge on any atom is 0.0716 e. The van der Waals surface area contributed by atoms with Gasteiger partial charge in [-0.1, -0.05) is 0 Å². The molecule has 14 heavy (non-hydrogen) atoms. The Morgan fingerprint density at radius 1 is 1.50 bits per heavy atom. The van der Waals surface area contributed by atoms with Crippen molar-refractivity contribution in [1.29, 1.82) is 0 Å². The SMILES string of the molecule is CCOCC12CCCN1CC(OC)C2. The topological polar surface area (TPSA) is 21.7 Å². The number of methoxy groups -OCH3 is 1. The Kier molecular flexibility index (Phi) is 3.10. The predicted molar refractivity (Wildman–Crippen MR) is 55.4 cm³/mol. The maximum absolute atomic E-state index is 5.62. The second-order valence-electron chi connectivity index (χ2n) is 4.47. The second-order valence-corrected chi connectivity index (χ2v) is 4.47. The van der Waals surface area contributed by atoms with Crippen LogP contribution in [0.4, 0.5) is 0 Å². The Balaban J connectivity index is 1.99. The average Bonchev–Trinajstić information content (AvgIpc) is 2.70. The highest BCUT2D eigenvalue weighted by Gasteiger charge is 2.48. The van der Waals surface area contributed by atoms with Crippen molar-refractivity contribution in [3.05, 3.63) is 0 Å². The molecule has 3 heteroatoms. The van der Waals surface area contributed by atoms with Crippen LogP contribution in [0, 0.1) is 0 Å². The van der Waals surface area contributed by atoms with Gasteiger partial charge in [0.25, 0.3) is 0 Å². The van der Waals surface area contributed by atoms with E-state index in [-0.39, 0.29) is 0 Å². The van der Waals surface area contributed by atoms with E-state index in [9.17, 15) is 0 Å². The molecule has 0 radical (unpaired) electrons. The molecular formula is C11H21NO2. The second kappa shape index (κ2) is 4.17. The summed E-state index contributed by atoms with van der Waals surface area (Å²) in [4.78, 5) is 2.57. The fourth-order valence-electron chi connectivity index (χ4n) is 2.92. The molecule has 2 saturated heterocycles. The van der Waals surface area contributed by atoms with Gasteiger partial charge in [0.05, 0.1) is 12.7 Å². The van der Waals surface area contributed by atoms with Gasteiger partial charge in [0, 0.05) is 25.8 Å². The third-order valence-corrected chi connectivity index (χ3v) is 3.68. The Morgan fingerprint density at radius 3 is 3.07 bits per heavy atom. The van der Waals surface area contributed by atoms with Crippen LogP contribution in [0.1, 0.15) is 26.2 Å². The Hall–Kier alpha value is -0.120. The van der Waals surface area contributed by atoms with Gasteiger partial charge in [0.15, 0.2) is 0 Å². The average molecular weight is 199 g/mol. The Labute approximate surface area is 86.4 Å². The minimum Gasteiger partial charge on any atom is -0.380 e. The first-order chi connectivity index (χ1) is 6.80. The third kappa shape index (κ3) is 1.69. The van der Waals surface area contributed by atoms with E-state index >= 15 is 0 Å². The molecule has 0 amide bonds. The predicted octanol–water partition coefficient (Wildman–Crippen LogP) is 1.28. The number of hydrogen-bond donors (Lipinski definition) is 0. The van der Waals surface area contributed by atoms with Crippen molar-refractivity contribution in [2.45, 2.75) is 37.8 Å². The van der Waals surface area contributed by atoms with Crippen LogP contribution < -0.4 is 0 Å². The molecule has 2 heterocycles. The lowest BCUT2D eigenvalue weighted by Gasteiger charge is -2.31. The summed E-state index contributed by atoms with van der Waals surface area (Å²) in [6.07, 6.45) is 4.19. The van der Waals surface area contributed by atoms with E-state index in [1.54, 1.807) is 0 Å². The number of hydrogen-bond acceptors (Lipinski definition) is 3. The molecule has 0 aliphatic carbocycles. The van der Waals surface area contributed by atoms with Crippen molar-refractivity contribution < 1.29 is 9.47 Å². The van der Waals surface area contributed by atoms with Gasteiger partial charge < -0.3 is 9.47 Å². The molecular weight excluding hydrogens is 178 g/mol. The Bertz CT molecular complexity index is 198. The molecule has 2 aliphatic heterocycles. The summed E-state index contributed by atoms with van der Waals surface area (Å²) in [7, 11) is 1.82. The summed E-state index contributed by atoms with van der Waals surface area (Å²) in [5.41, 5.74) is 0.316. The quantitative estimate of drug-likeness (QED) is 0.680. The normalized spacial score (nSPS) is 37.7. The van der Waals surface area contributed by atoms with Gasteiger partial charge in [0.2, 0.25) is 0 Å². The molecule has 3 nitrogen and oxygen atoms in total. The lowest BCUT2D eigenvalue weighted by atomic mass is 9.94. The monoisotopic (exact) mass is 199 g/mol. The highest BCUT2D eigenvalue weighted by Crippen LogP contribution is 2.39. The first-order valence-corrected chi connectivity index (χ1v) is 5.66. The molecule has 0 aromatic heterocycles. The molecule has 0 aromatic rings. The van der Waals surface area contributed by atoms with Gasteiger partial charge in [0.1, 0.15) is 0 Å². The standard InChI is InChI=1S/C11H21NO2/c1-3-14-9-11-5-4-6-12(11)8-10(7-11)13-2/h10H,3-9H2,1-2H3. The van der Waals surface area contributed by atoms with E-state index in [0.717, 1.165) is 26.2 Å². The van der Waals surface area contributed by atoms with Gasteiger partial charge in [-0.3, -0.25) is 4.90 Å². The minimum absolute atomic E-state index is 0.316. The van der Waals surface area contributed by atoms with Crippen LogP contribution in [-0.4, -0.2) is 50.0 Å². The van der Waals surface area contributed by atoms with Gasteiger partial charge in [-0.25, -0.2) is 0 Å². The summed E-state index contributed by atoms with van der Waals surface area (Å²) >= 11 is 0. The molecule has 2 rings (SSSR count). The Morgan fingerprint density at radius 2 is 2.36 bits per heavy atom. The van der Waals surface area contributed by atoms with E-state index in [4.69, 9.17) is 9.47 Å². The first-order valence-electron chi connectivity index (χ1n) is 5.66. The van der Waals surface area contributed by atoms with E-state index in [0.29, 0.717) is 11.6 Å².